The molecule has 108 valence electrons. The maximum Gasteiger partial charge on any atom is 0.123 e. The number of aryl methyl sites for hydroxylation is 1. The fraction of sp³-hybridized carbons (Fsp3) is 0.333. The van der Waals surface area contributed by atoms with Gasteiger partial charge in [0, 0.05) is 10.4 Å². The number of ether oxygens (including phenoxy) is 2. The maximum atomic E-state index is 5.72. The molecule has 0 aliphatic heterocycles. The van der Waals surface area contributed by atoms with Crippen molar-refractivity contribution in [1.82, 2.24) is 5.43 Å². The van der Waals surface area contributed by atoms with Crippen LogP contribution < -0.4 is 20.7 Å². The van der Waals surface area contributed by atoms with Gasteiger partial charge in [0.05, 0.1) is 20.3 Å². The lowest BCUT2D eigenvalue weighted by molar-refractivity contribution is 0.387. The van der Waals surface area contributed by atoms with Crippen LogP contribution in [0.3, 0.4) is 0 Å². The van der Waals surface area contributed by atoms with Crippen molar-refractivity contribution in [1.29, 1.82) is 0 Å². The van der Waals surface area contributed by atoms with Crippen LogP contribution in [-0.4, -0.2) is 14.2 Å². The van der Waals surface area contributed by atoms with Crippen molar-refractivity contribution in [3.63, 3.8) is 0 Å². The Morgan fingerprint density at radius 3 is 2.70 bits per heavy atom. The first-order chi connectivity index (χ1) is 9.78. The number of methoxy groups -OCH3 is 2. The zero-order chi connectivity index (χ0) is 14.4. The second kappa shape index (κ2) is 7.28. The minimum atomic E-state index is 0.0298. The number of hydrazine groups is 1. The molecule has 3 N–H and O–H groups in total. The molecule has 0 spiro atoms. The monoisotopic (exact) mass is 292 g/mol. The van der Waals surface area contributed by atoms with Crippen LogP contribution in [0.15, 0.2) is 35.7 Å². The summed E-state index contributed by atoms with van der Waals surface area (Å²) >= 11 is 1.76. The molecule has 2 aromatic rings. The maximum absolute atomic E-state index is 5.72. The molecule has 0 saturated heterocycles. The molecule has 0 bridgehead atoms. The van der Waals surface area contributed by atoms with E-state index in [2.05, 4.69) is 22.9 Å². The molecular formula is C15H20N2O2S. The number of thiophene rings is 1. The Morgan fingerprint density at radius 2 is 2.10 bits per heavy atom. The molecule has 4 nitrogen and oxygen atoms in total. The van der Waals surface area contributed by atoms with Gasteiger partial charge in [-0.15, -0.1) is 11.3 Å². The largest absolute Gasteiger partial charge is 0.497 e. The highest BCUT2D eigenvalue weighted by atomic mass is 32.1. The van der Waals surface area contributed by atoms with E-state index in [4.69, 9.17) is 15.3 Å². The quantitative estimate of drug-likeness (QED) is 0.608. The zero-order valence-corrected chi connectivity index (χ0v) is 12.6. The predicted octanol–water partition coefficient (Wildman–Crippen LogP) is 2.90. The van der Waals surface area contributed by atoms with Crippen LogP contribution in [0.2, 0.25) is 0 Å². The summed E-state index contributed by atoms with van der Waals surface area (Å²) in [5, 5.41) is 2.09. The van der Waals surface area contributed by atoms with Crippen molar-refractivity contribution in [2.45, 2.75) is 18.9 Å². The van der Waals surface area contributed by atoms with Gasteiger partial charge in [-0.3, -0.25) is 11.3 Å². The van der Waals surface area contributed by atoms with Gasteiger partial charge in [0.15, 0.2) is 0 Å². The highest BCUT2D eigenvalue weighted by molar-refractivity contribution is 7.09. The van der Waals surface area contributed by atoms with Gasteiger partial charge >= 0.3 is 0 Å². The van der Waals surface area contributed by atoms with Gasteiger partial charge in [-0.2, -0.15) is 0 Å². The Balaban J connectivity index is 2.16. The van der Waals surface area contributed by atoms with E-state index >= 15 is 0 Å². The molecule has 0 radical (unpaired) electrons. The lowest BCUT2D eigenvalue weighted by Gasteiger charge is -2.19. The summed E-state index contributed by atoms with van der Waals surface area (Å²) in [5.41, 5.74) is 3.90. The average molecular weight is 292 g/mol. The molecule has 2 rings (SSSR count). The molecule has 1 heterocycles. The molecule has 1 aromatic heterocycles. The fourth-order valence-electron chi connectivity index (χ4n) is 2.18. The first-order valence-electron chi connectivity index (χ1n) is 6.49. The van der Waals surface area contributed by atoms with Crippen molar-refractivity contribution in [3.05, 3.63) is 46.2 Å². The van der Waals surface area contributed by atoms with E-state index in [0.29, 0.717) is 0 Å². The van der Waals surface area contributed by atoms with Gasteiger partial charge < -0.3 is 9.47 Å². The predicted molar refractivity (Wildman–Crippen MR) is 82.3 cm³/mol. The molecular weight excluding hydrogens is 272 g/mol. The van der Waals surface area contributed by atoms with Crippen LogP contribution in [0, 0.1) is 0 Å². The van der Waals surface area contributed by atoms with Crippen LogP contribution in [-0.2, 0) is 6.42 Å². The number of nitrogens with one attached hydrogen (secondary N) is 1. The second-order valence-electron chi connectivity index (χ2n) is 4.45. The Hall–Kier alpha value is -1.56. The lowest BCUT2D eigenvalue weighted by Crippen LogP contribution is -2.28. The summed E-state index contributed by atoms with van der Waals surface area (Å²) in [4.78, 5) is 1.35. The zero-order valence-electron chi connectivity index (χ0n) is 11.8. The van der Waals surface area contributed by atoms with Crippen LogP contribution in [0.4, 0.5) is 0 Å². The molecule has 5 heteroatoms. The summed E-state index contributed by atoms with van der Waals surface area (Å²) in [5.74, 6) is 7.34. The van der Waals surface area contributed by atoms with Crippen molar-refractivity contribution >= 4 is 11.3 Å². The molecule has 0 aliphatic rings. The minimum absolute atomic E-state index is 0.0298. The number of rotatable bonds is 7. The smallest absolute Gasteiger partial charge is 0.123 e. The van der Waals surface area contributed by atoms with Crippen LogP contribution in [0.5, 0.6) is 11.5 Å². The first kappa shape index (κ1) is 14.8. The topological polar surface area (TPSA) is 56.5 Å². The van der Waals surface area contributed by atoms with Gasteiger partial charge in [0.2, 0.25) is 0 Å². The summed E-state index contributed by atoms with van der Waals surface area (Å²) in [6, 6.07) is 10.00. The highest BCUT2D eigenvalue weighted by Gasteiger charge is 2.16. The van der Waals surface area contributed by atoms with E-state index < -0.39 is 0 Å². The molecule has 0 amide bonds. The Morgan fingerprint density at radius 1 is 1.25 bits per heavy atom. The third-order valence-electron chi connectivity index (χ3n) is 3.27. The first-order valence-corrected chi connectivity index (χ1v) is 7.37. The van der Waals surface area contributed by atoms with Gasteiger partial charge in [-0.05, 0) is 42.5 Å². The van der Waals surface area contributed by atoms with Crippen molar-refractivity contribution in [2.24, 2.45) is 5.84 Å². The van der Waals surface area contributed by atoms with E-state index in [0.717, 1.165) is 29.9 Å². The van der Waals surface area contributed by atoms with E-state index in [9.17, 15) is 0 Å². The fourth-order valence-corrected chi connectivity index (χ4v) is 2.91. The van der Waals surface area contributed by atoms with Gasteiger partial charge in [-0.25, -0.2) is 0 Å². The summed E-state index contributed by atoms with van der Waals surface area (Å²) < 4.78 is 10.7. The van der Waals surface area contributed by atoms with Gasteiger partial charge in [0.1, 0.15) is 11.5 Å². The molecule has 0 aliphatic carbocycles. The third-order valence-corrected chi connectivity index (χ3v) is 4.21. The summed E-state index contributed by atoms with van der Waals surface area (Å²) in [6.45, 7) is 0. The van der Waals surface area contributed by atoms with Crippen LogP contribution in [0.25, 0.3) is 0 Å². The van der Waals surface area contributed by atoms with Crippen molar-refractivity contribution < 1.29 is 9.47 Å². The van der Waals surface area contributed by atoms with Crippen molar-refractivity contribution in [2.75, 3.05) is 14.2 Å². The Kier molecular flexibility index (Phi) is 5.40. The van der Waals surface area contributed by atoms with Crippen LogP contribution >= 0.6 is 11.3 Å². The normalized spacial score (nSPS) is 12.2. The standard InChI is InChI=1S/C15H20N2O2S/c1-18-11-5-8-15(19-2)13(10-11)14(17-16)7-6-12-4-3-9-20-12/h3-5,8-10,14,17H,6-7,16H2,1-2H3. The average Bonchev–Trinajstić information content (AvgIpc) is 3.01. The number of benzene rings is 1. The minimum Gasteiger partial charge on any atom is -0.497 e. The molecule has 0 saturated carbocycles. The number of hydrogen-bond acceptors (Lipinski definition) is 5. The van der Waals surface area contributed by atoms with E-state index in [1.165, 1.54) is 4.88 Å². The number of hydrogen-bond donors (Lipinski definition) is 2. The molecule has 1 aromatic carbocycles. The molecule has 1 unspecified atom stereocenters. The SMILES string of the molecule is COc1ccc(OC)c(C(CCc2cccs2)NN)c1. The lowest BCUT2D eigenvalue weighted by atomic mass is 10.0. The number of nitrogens with two attached hydrogens (primary N) is 1. The third kappa shape index (κ3) is 3.50. The molecule has 1 atom stereocenters. The highest BCUT2D eigenvalue weighted by Crippen LogP contribution is 2.31. The molecule has 0 fully saturated rings. The van der Waals surface area contributed by atoms with E-state index in [1.807, 2.05) is 18.2 Å². The van der Waals surface area contributed by atoms with Crippen molar-refractivity contribution in [3.8, 4) is 11.5 Å². The Labute approximate surface area is 123 Å². The van der Waals surface area contributed by atoms with E-state index in [1.54, 1.807) is 25.6 Å². The summed E-state index contributed by atoms with van der Waals surface area (Å²) in [6.07, 6.45) is 1.88. The van der Waals surface area contributed by atoms with E-state index in [-0.39, 0.29) is 6.04 Å². The van der Waals surface area contributed by atoms with Gasteiger partial charge in [0.25, 0.3) is 0 Å². The molecule has 20 heavy (non-hydrogen) atoms. The van der Waals surface area contributed by atoms with Crippen LogP contribution in [0.1, 0.15) is 22.9 Å². The van der Waals surface area contributed by atoms with Gasteiger partial charge in [-0.1, -0.05) is 6.07 Å². The second-order valence-corrected chi connectivity index (χ2v) is 5.48. The Bertz CT molecular complexity index is 529. The summed E-state index contributed by atoms with van der Waals surface area (Å²) in [7, 11) is 3.32.